The van der Waals surface area contributed by atoms with E-state index in [0.717, 1.165) is 15.6 Å². The molecule has 0 aliphatic heterocycles. The lowest BCUT2D eigenvalue weighted by Crippen LogP contribution is -2.27. The fourth-order valence-electron chi connectivity index (χ4n) is 2.31. The molecule has 0 radical (unpaired) electrons. The molecular formula is C17H15N3O3S. The average Bonchev–Trinajstić information content (AvgIpc) is 3.04. The van der Waals surface area contributed by atoms with Gasteiger partial charge in [-0.25, -0.2) is 5.48 Å². The van der Waals surface area contributed by atoms with Crippen LogP contribution in [-0.2, 0) is 4.79 Å². The molecule has 7 heteroatoms. The number of hydrogen-bond acceptors (Lipinski definition) is 5. The van der Waals surface area contributed by atoms with Crippen LogP contribution in [-0.4, -0.2) is 17.0 Å². The molecule has 3 aromatic rings. The molecule has 0 aliphatic rings. The highest BCUT2D eigenvalue weighted by molar-refractivity contribution is 7.20. The van der Waals surface area contributed by atoms with Gasteiger partial charge in [0.25, 0.3) is 5.91 Å². The van der Waals surface area contributed by atoms with Crippen molar-refractivity contribution in [3.8, 4) is 0 Å². The highest BCUT2D eigenvalue weighted by atomic mass is 32.1. The molecule has 0 saturated carbocycles. The van der Waals surface area contributed by atoms with Gasteiger partial charge in [0, 0.05) is 10.4 Å². The number of nitrogens with one attached hydrogen (secondary N) is 2. The molecule has 0 bridgehead atoms. The highest BCUT2D eigenvalue weighted by Crippen LogP contribution is 2.28. The number of nitrogens with two attached hydrogens (primary N) is 1. The number of benzene rings is 2. The monoisotopic (exact) mass is 341 g/mol. The second-order valence-corrected chi connectivity index (χ2v) is 6.27. The van der Waals surface area contributed by atoms with Crippen molar-refractivity contribution >= 4 is 38.9 Å². The summed E-state index contributed by atoms with van der Waals surface area (Å²) in [4.78, 5) is 24.1. The molecule has 6 nitrogen and oxygen atoms in total. The Labute approximate surface area is 141 Å². The van der Waals surface area contributed by atoms with Gasteiger partial charge in [-0.3, -0.25) is 14.8 Å². The summed E-state index contributed by atoms with van der Waals surface area (Å²) < 4.78 is 0.819. The van der Waals surface area contributed by atoms with Gasteiger partial charge >= 0.3 is 0 Å². The molecule has 0 saturated heterocycles. The van der Waals surface area contributed by atoms with Crippen LogP contribution in [0.25, 0.3) is 10.1 Å². The minimum atomic E-state index is -0.763. The summed E-state index contributed by atoms with van der Waals surface area (Å²) in [5, 5.41) is 12.3. The summed E-state index contributed by atoms with van der Waals surface area (Å²) in [6.07, 6.45) is 0. The van der Waals surface area contributed by atoms with Crippen molar-refractivity contribution in [2.24, 2.45) is 5.73 Å². The summed E-state index contributed by atoms with van der Waals surface area (Å²) in [7, 11) is 0. The minimum Gasteiger partial charge on any atom is -0.324 e. The maximum absolute atomic E-state index is 12.3. The van der Waals surface area contributed by atoms with E-state index in [4.69, 9.17) is 10.9 Å². The van der Waals surface area contributed by atoms with Gasteiger partial charge in [-0.1, -0.05) is 36.4 Å². The first-order valence-corrected chi connectivity index (χ1v) is 7.99. The van der Waals surface area contributed by atoms with Gasteiger partial charge in [0.15, 0.2) is 0 Å². The van der Waals surface area contributed by atoms with Crippen LogP contribution in [0.4, 0.5) is 5.69 Å². The molecule has 24 heavy (non-hydrogen) atoms. The Morgan fingerprint density at radius 2 is 1.83 bits per heavy atom. The van der Waals surface area contributed by atoms with E-state index in [1.807, 2.05) is 18.2 Å². The summed E-state index contributed by atoms with van der Waals surface area (Å²) in [5.41, 5.74) is 8.90. The van der Waals surface area contributed by atoms with Crippen LogP contribution in [0.3, 0.4) is 0 Å². The van der Waals surface area contributed by atoms with Crippen LogP contribution < -0.4 is 16.5 Å². The number of hydroxylamine groups is 1. The fraction of sp³-hybridized carbons (Fsp3) is 0.0588. The number of anilines is 1. The molecule has 122 valence electrons. The zero-order valence-corrected chi connectivity index (χ0v) is 13.3. The van der Waals surface area contributed by atoms with E-state index in [2.05, 4.69) is 5.32 Å². The lowest BCUT2D eigenvalue weighted by Gasteiger charge is -2.12. The number of fused-ring (bicyclic) bond motifs is 1. The lowest BCUT2D eigenvalue weighted by atomic mass is 10.1. The molecule has 0 fully saturated rings. The topological polar surface area (TPSA) is 104 Å². The summed E-state index contributed by atoms with van der Waals surface area (Å²) in [6, 6.07) is 15.3. The average molecular weight is 341 g/mol. The van der Waals surface area contributed by atoms with Crippen molar-refractivity contribution < 1.29 is 14.8 Å². The van der Waals surface area contributed by atoms with Gasteiger partial charge in [-0.15, -0.1) is 11.3 Å². The van der Waals surface area contributed by atoms with E-state index in [1.54, 1.807) is 41.9 Å². The van der Waals surface area contributed by atoms with Crippen LogP contribution in [0.5, 0.6) is 0 Å². The number of carbonyl (C=O) groups excluding carboxylic acids is 2. The molecular weight excluding hydrogens is 326 g/mol. The molecule has 1 atom stereocenters. The van der Waals surface area contributed by atoms with E-state index >= 15 is 0 Å². The smallest absolute Gasteiger partial charge is 0.284 e. The number of thiophene rings is 1. The SMILES string of the molecule is N[C@@H](C(=O)Nc1ccc2cc(C(=O)NO)sc2c1)c1ccccc1. The summed E-state index contributed by atoms with van der Waals surface area (Å²) in [6.45, 7) is 0. The zero-order chi connectivity index (χ0) is 17.1. The highest BCUT2D eigenvalue weighted by Gasteiger charge is 2.16. The first-order chi connectivity index (χ1) is 11.6. The second-order valence-electron chi connectivity index (χ2n) is 5.18. The number of amides is 2. The van der Waals surface area contributed by atoms with Crippen LogP contribution in [0, 0.1) is 0 Å². The first kappa shape index (κ1) is 16.1. The number of rotatable bonds is 4. The van der Waals surface area contributed by atoms with Crippen molar-refractivity contribution in [3.05, 3.63) is 65.0 Å². The summed E-state index contributed by atoms with van der Waals surface area (Å²) >= 11 is 1.22. The van der Waals surface area contributed by atoms with Crippen molar-refractivity contribution in [2.45, 2.75) is 6.04 Å². The fourth-order valence-corrected chi connectivity index (χ4v) is 3.30. The third-order valence-electron chi connectivity index (χ3n) is 3.55. The van der Waals surface area contributed by atoms with Gasteiger partial charge in [0.2, 0.25) is 5.91 Å². The molecule has 2 aromatic carbocycles. The number of carbonyl (C=O) groups is 2. The van der Waals surface area contributed by atoms with Crippen molar-refractivity contribution in [3.63, 3.8) is 0 Å². The molecule has 0 spiro atoms. The Morgan fingerprint density at radius 1 is 1.08 bits per heavy atom. The molecule has 2 amide bonds. The largest absolute Gasteiger partial charge is 0.324 e. The Kier molecular flexibility index (Phi) is 4.57. The Hall–Kier alpha value is -2.74. The Bertz CT molecular complexity index is 892. The quantitative estimate of drug-likeness (QED) is 0.432. The minimum absolute atomic E-state index is 0.314. The van der Waals surface area contributed by atoms with E-state index < -0.39 is 11.9 Å². The van der Waals surface area contributed by atoms with E-state index in [-0.39, 0.29) is 5.91 Å². The van der Waals surface area contributed by atoms with Crippen molar-refractivity contribution in [1.82, 2.24) is 5.48 Å². The van der Waals surface area contributed by atoms with E-state index in [0.29, 0.717) is 10.6 Å². The lowest BCUT2D eigenvalue weighted by molar-refractivity contribution is -0.117. The third-order valence-corrected chi connectivity index (χ3v) is 4.65. The van der Waals surface area contributed by atoms with Gasteiger partial charge < -0.3 is 11.1 Å². The molecule has 3 rings (SSSR count). The predicted molar refractivity (Wildman–Crippen MR) is 93.1 cm³/mol. The van der Waals surface area contributed by atoms with E-state index in [9.17, 15) is 9.59 Å². The van der Waals surface area contributed by atoms with E-state index in [1.165, 1.54) is 11.3 Å². The normalized spacial score (nSPS) is 11.9. The molecule has 5 N–H and O–H groups in total. The van der Waals surface area contributed by atoms with Crippen LogP contribution >= 0.6 is 11.3 Å². The van der Waals surface area contributed by atoms with Crippen LogP contribution in [0.1, 0.15) is 21.3 Å². The van der Waals surface area contributed by atoms with Crippen molar-refractivity contribution in [2.75, 3.05) is 5.32 Å². The second kappa shape index (κ2) is 6.79. The standard InChI is InChI=1S/C17H15N3O3S/c18-15(10-4-2-1-3-5-10)17(22)19-12-7-6-11-8-14(16(21)20-23)24-13(11)9-12/h1-9,15,23H,18H2,(H,19,22)(H,20,21)/t15-/m1/s1. The first-order valence-electron chi connectivity index (χ1n) is 7.18. The van der Waals surface area contributed by atoms with Gasteiger partial charge in [0.05, 0.1) is 4.88 Å². The van der Waals surface area contributed by atoms with Gasteiger partial charge in [-0.2, -0.15) is 0 Å². The van der Waals surface area contributed by atoms with Gasteiger partial charge in [0.1, 0.15) is 6.04 Å². The zero-order valence-electron chi connectivity index (χ0n) is 12.5. The molecule has 1 heterocycles. The number of hydrogen-bond donors (Lipinski definition) is 4. The maximum Gasteiger partial charge on any atom is 0.284 e. The van der Waals surface area contributed by atoms with Crippen LogP contribution in [0.15, 0.2) is 54.6 Å². The van der Waals surface area contributed by atoms with Gasteiger partial charge in [-0.05, 0) is 29.1 Å². The summed E-state index contributed by atoms with van der Waals surface area (Å²) in [5.74, 6) is -0.877. The molecule has 1 aromatic heterocycles. The third kappa shape index (κ3) is 3.28. The molecule has 0 aliphatic carbocycles. The predicted octanol–water partition coefficient (Wildman–Crippen LogP) is 2.66. The Morgan fingerprint density at radius 3 is 2.54 bits per heavy atom. The van der Waals surface area contributed by atoms with Crippen LogP contribution in [0.2, 0.25) is 0 Å². The molecule has 0 unspecified atom stereocenters. The maximum atomic E-state index is 12.3. The van der Waals surface area contributed by atoms with Crippen molar-refractivity contribution in [1.29, 1.82) is 0 Å². The Balaban J connectivity index is 1.79.